The Morgan fingerprint density at radius 2 is 1.85 bits per heavy atom. The molecule has 0 spiro atoms. The standard InChI is InChI=1S/C12H12F2O6/c1-2-20-12(19)10(16)9(15)5-3-6(11(17)18)8(14)4-7(5)13/h3-4,9-10,15-16H,2H2,1H3,(H,17,18). The molecule has 20 heavy (non-hydrogen) atoms. The highest BCUT2D eigenvalue weighted by molar-refractivity contribution is 5.88. The van der Waals surface area contributed by atoms with E-state index in [0.717, 1.165) is 0 Å². The van der Waals surface area contributed by atoms with Crippen LogP contribution in [0, 0.1) is 11.6 Å². The normalized spacial score (nSPS) is 13.7. The first-order valence-corrected chi connectivity index (χ1v) is 5.54. The highest BCUT2D eigenvalue weighted by Crippen LogP contribution is 2.24. The van der Waals surface area contributed by atoms with Gasteiger partial charge in [0, 0.05) is 11.6 Å². The summed E-state index contributed by atoms with van der Waals surface area (Å²) in [6.45, 7) is 1.38. The highest BCUT2D eigenvalue weighted by atomic mass is 19.1. The molecule has 3 N–H and O–H groups in total. The number of carbonyl (C=O) groups excluding carboxylic acids is 1. The second-order valence-corrected chi connectivity index (χ2v) is 3.80. The minimum Gasteiger partial charge on any atom is -0.478 e. The molecule has 1 aromatic rings. The third-order valence-electron chi connectivity index (χ3n) is 2.46. The molecule has 6 nitrogen and oxygen atoms in total. The van der Waals surface area contributed by atoms with Crippen LogP contribution in [0.25, 0.3) is 0 Å². The number of benzene rings is 1. The van der Waals surface area contributed by atoms with Gasteiger partial charge in [-0.1, -0.05) is 0 Å². The number of ether oxygens (including phenoxy) is 1. The van der Waals surface area contributed by atoms with Crippen LogP contribution in [-0.4, -0.2) is 40.0 Å². The fourth-order valence-corrected chi connectivity index (χ4v) is 1.48. The summed E-state index contributed by atoms with van der Waals surface area (Å²) in [5.41, 5.74) is -1.61. The smallest absolute Gasteiger partial charge is 0.338 e. The van der Waals surface area contributed by atoms with Gasteiger partial charge in [0.15, 0.2) is 6.10 Å². The first-order chi connectivity index (χ1) is 9.29. The summed E-state index contributed by atoms with van der Waals surface area (Å²) < 4.78 is 31.1. The first kappa shape index (κ1) is 16.0. The first-order valence-electron chi connectivity index (χ1n) is 5.54. The molecule has 0 saturated carbocycles. The molecular formula is C12H12F2O6. The number of halogens is 2. The van der Waals surface area contributed by atoms with Crippen molar-refractivity contribution < 1.29 is 38.4 Å². The van der Waals surface area contributed by atoms with Gasteiger partial charge in [-0.2, -0.15) is 0 Å². The second-order valence-electron chi connectivity index (χ2n) is 3.80. The SMILES string of the molecule is CCOC(=O)C(O)C(O)c1cc(C(=O)O)c(F)cc1F. The molecule has 0 amide bonds. The Balaban J connectivity index is 3.15. The van der Waals surface area contributed by atoms with Crippen molar-refractivity contribution in [1.82, 2.24) is 0 Å². The van der Waals surface area contributed by atoms with E-state index >= 15 is 0 Å². The Hall–Kier alpha value is -2.06. The van der Waals surface area contributed by atoms with E-state index < -0.39 is 46.9 Å². The van der Waals surface area contributed by atoms with E-state index in [1.54, 1.807) is 0 Å². The Morgan fingerprint density at radius 1 is 1.25 bits per heavy atom. The molecule has 0 bridgehead atoms. The zero-order valence-corrected chi connectivity index (χ0v) is 10.3. The fraction of sp³-hybridized carbons (Fsp3) is 0.333. The molecule has 0 radical (unpaired) electrons. The molecule has 2 unspecified atom stereocenters. The third-order valence-corrected chi connectivity index (χ3v) is 2.46. The van der Waals surface area contributed by atoms with Crippen molar-refractivity contribution in [2.75, 3.05) is 6.61 Å². The predicted molar refractivity (Wildman–Crippen MR) is 60.9 cm³/mol. The molecular weight excluding hydrogens is 278 g/mol. The van der Waals surface area contributed by atoms with Crippen molar-refractivity contribution in [1.29, 1.82) is 0 Å². The van der Waals surface area contributed by atoms with Crippen LogP contribution in [0.4, 0.5) is 8.78 Å². The average Bonchev–Trinajstić information content (AvgIpc) is 2.37. The summed E-state index contributed by atoms with van der Waals surface area (Å²) >= 11 is 0. The summed E-state index contributed by atoms with van der Waals surface area (Å²) in [5, 5.41) is 27.8. The maximum atomic E-state index is 13.5. The number of hydrogen-bond donors (Lipinski definition) is 3. The lowest BCUT2D eigenvalue weighted by Crippen LogP contribution is -2.30. The molecule has 8 heteroatoms. The van der Waals surface area contributed by atoms with Gasteiger partial charge in [-0.15, -0.1) is 0 Å². The van der Waals surface area contributed by atoms with E-state index in [1.807, 2.05) is 0 Å². The molecule has 0 aliphatic heterocycles. The summed E-state index contributed by atoms with van der Waals surface area (Å²) in [6, 6.07) is 0.764. The van der Waals surface area contributed by atoms with Crippen LogP contribution in [0.5, 0.6) is 0 Å². The van der Waals surface area contributed by atoms with Crippen molar-refractivity contribution in [3.8, 4) is 0 Å². The number of aromatic carboxylic acids is 1. The Labute approximate surface area is 112 Å². The van der Waals surface area contributed by atoms with Gasteiger partial charge in [0.05, 0.1) is 12.2 Å². The molecule has 0 saturated heterocycles. The number of aliphatic hydroxyl groups is 2. The van der Waals surface area contributed by atoms with E-state index in [1.165, 1.54) is 6.92 Å². The number of aliphatic hydroxyl groups excluding tert-OH is 2. The molecule has 1 rings (SSSR count). The number of rotatable bonds is 5. The highest BCUT2D eigenvalue weighted by Gasteiger charge is 2.30. The van der Waals surface area contributed by atoms with Gasteiger partial charge in [0.2, 0.25) is 0 Å². The van der Waals surface area contributed by atoms with Crippen LogP contribution in [0.15, 0.2) is 12.1 Å². The van der Waals surface area contributed by atoms with Crippen molar-refractivity contribution in [3.05, 3.63) is 34.9 Å². The Bertz CT molecular complexity index is 531. The molecule has 0 fully saturated rings. The summed E-state index contributed by atoms with van der Waals surface area (Å²) in [5.74, 6) is -5.51. The Kier molecular flexibility index (Phi) is 5.12. The molecule has 0 aliphatic rings. The largest absolute Gasteiger partial charge is 0.478 e. The molecule has 0 heterocycles. The van der Waals surface area contributed by atoms with Crippen LogP contribution in [0.2, 0.25) is 0 Å². The molecule has 0 aromatic heterocycles. The fourth-order valence-electron chi connectivity index (χ4n) is 1.48. The van der Waals surface area contributed by atoms with Crippen molar-refractivity contribution in [2.45, 2.75) is 19.1 Å². The van der Waals surface area contributed by atoms with Crippen LogP contribution >= 0.6 is 0 Å². The second kappa shape index (κ2) is 6.40. The van der Waals surface area contributed by atoms with Gasteiger partial charge in [0.1, 0.15) is 17.7 Å². The quantitative estimate of drug-likeness (QED) is 0.687. The lowest BCUT2D eigenvalue weighted by molar-refractivity contribution is -0.159. The topological polar surface area (TPSA) is 104 Å². The molecule has 0 aliphatic carbocycles. The van der Waals surface area contributed by atoms with Crippen LogP contribution < -0.4 is 0 Å². The van der Waals surface area contributed by atoms with E-state index in [-0.39, 0.29) is 12.7 Å². The number of carbonyl (C=O) groups is 2. The lowest BCUT2D eigenvalue weighted by Gasteiger charge is -2.17. The van der Waals surface area contributed by atoms with Crippen molar-refractivity contribution in [2.24, 2.45) is 0 Å². The van der Waals surface area contributed by atoms with Crippen molar-refractivity contribution in [3.63, 3.8) is 0 Å². The maximum absolute atomic E-state index is 13.5. The molecule has 1 aromatic carbocycles. The number of carboxylic acid groups (broad SMARTS) is 1. The van der Waals surface area contributed by atoms with Gasteiger partial charge in [-0.05, 0) is 13.0 Å². The van der Waals surface area contributed by atoms with Crippen LogP contribution in [0.1, 0.15) is 28.9 Å². The zero-order valence-electron chi connectivity index (χ0n) is 10.3. The minimum absolute atomic E-state index is 0.0745. The monoisotopic (exact) mass is 290 g/mol. The predicted octanol–water partition coefficient (Wildman–Crippen LogP) is 0.620. The number of carboxylic acids is 1. The molecule has 2 atom stereocenters. The van der Waals surface area contributed by atoms with Crippen LogP contribution in [-0.2, 0) is 9.53 Å². The maximum Gasteiger partial charge on any atom is 0.338 e. The van der Waals surface area contributed by atoms with Gasteiger partial charge in [-0.25, -0.2) is 18.4 Å². The Morgan fingerprint density at radius 3 is 2.35 bits per heavy atom. The van der Waals surface area contributed by atoms with E-state index in [0.29, 0.717) is 6.07 Å². The van der Waals surface area contributed by atoms with Gasteiger partial charge in [0.25, 0.3) is 0 Å². The van der Waals surface area contributed by atoms with Gasteiger partial charge >= 0.3 is 11.9 Å². The van der Waals surface area contributed by atoms with Gasteiger partial charge < -0.3 is 20.1 Å². The van der Waals surface area contributed by atoms with E-state index in [9.17, 15) is 28.6 Å². The molecule has 110 valence electrons. The summed E-state index contributed by atoms with van der Waals surface area (Å²) in [7, 11) is 0. The van der Waals surface area contributed by atoms with E-state index in [2.05, 4.69) is 4.74 Å². The minimum atomic E-state index is -2.11. The van der Waals surface area contributed by atoms with Gasteiger partial charge in [-0.3, -0.25) is 0 Å². The van der Waals surface area contributed by atoms with Crippen LogP contribution in [0.3, 0.4) is 0 Å². The number of hydrogen-bond acceptors (Lipinski definition) is 5. The third kappa shape index (κ3) is 3.28. The van der Waals surface area contributed by atoms with E-state index in [4.69, 9.17) is 5.11 Å². The van der Waals surface area contributed by atoms with Crippen molar-refractivity contribution >= 4 is 11.9 Å². The summed E-state index contributed by atoms with van der Waals surface area (Å²) in [6.07, 6.45) is -4.19. The number of esters is 1. The lowest BCUT2D eigenvalue weighted by atomic mass is 10.0. The average molecular weight is 290 g/mol. The summed E-state index contributed by atoms with van der Waals surface area (Å²) in [4.78, 5) is 21.9. The zero-order chi connectivity index (χ0) is 15.4.